The van der Waals surface area contributed by atoms with Gasteiger partial charge in [-0.3, -0.25) is 14.3 Å². The maximum absolute atomic E-state index is 11.9. The highest BCUT2D eigenvalue weighted by atomic mass is 32.1. The topological polar surface area (TPSA) is 76.0 Å². The Morgan fingerprint density at radius 2 is 2.05 bits per heavy atom. The summed E-state index contributed by atoms with van der Waals surface area (Å²) in [5.74, 6) is -0.802. The maximum atomic E-state index is 11.9. The van der Waals surface area contributed by atoms with Crippen molar-refractivity contribution in [3.63, 3.8) is 0 Å². The lowest BCUT2D eigenvalue weighted by atomic mass is 10.1. The van der Waals surface area contributed by atoms with E-state index in [9.17, 15) is 9.59 Å². The lowest BCUT2D eigenvalue weighted by Gasteiger charge is -2.08. The molecule has 2 rings (SSSR count). The van der Waals surface area contributed by atoms with Crippen LogP contribution in [0.4, 0.5) is 11.4 Å². The summed E-state index contributed by atoms with van der Waals surface area (Å²) in [7, 11) is 0. The maximum Gasteiger partial charge on any atom is 0.314 e. The van der Waals surface area contributed by atoms with E-state index in [1.807, 2.05) is 17.0 Å². The predicted molar refractivity (Wildman–Crippen MR) is 88.0 cm³/mol. The molecule has 118 valence electrons. The molecular weight excluding hydrogens is 300 g/mol. The van der Waals surface area contributed by atoms with Crippen molar-refractivity contribution >= 4 is 34.5 Å². The Balaban J connectivity index is 1.95. The third-order valence-electron chi connectivity index (χ3n) is 3.25. The Kier molecular flexibility index (Phi) is 5.32. The minimum Gasteiger partial charge on any atom is -0.317 e. The van der Waals surface area contributed by atoms with Gasteiger partial charge in [0.15, 0.2) is 0 Å². The van der Waals surface area contributed by atoms with Crippen LogP contribution in [0.25, 0.3) is 0 Å². The molecule has 0 unspecified atom stereocenters. The number of hydrogen-bond acceptors (Lipinski definition) is 4. The lowest BCUT2D eigenvalue weighted by molar-refractivity contribution is -0.133. The van der Waals surface area contributed by atoms with Crippen molar-refractivity contribution in [2.75, 3.05) is 10.6 Å². The molecule has 0 fully saturated rings. The molecule has 2 heterocycles. The molecule has 2 aromatic rings. The van der Waals surface area contributed by atoms with Crippen molar-refractivity contribution in [2.45, 2.75) is 33.7 Å². The second kappa shape index (κ2) is 7.22. The largest absolute Gasteiger partial charge is 0.317 e. The smallest absolute Gasteiger partial charge is 0.314 e. The fourth-order valence-electron chi connectivity index (χ4n) is 1.88. The number of carbonyl (C=O) groups is 2. The molecule has 0 aliphatic carbocycles. The summed E-state index contributed by atoms with van der Waals surface area (Å²) < 4.78 is 1.84. The molecule has 0 bridgehead atoms. The first-order valence-electron chi connectivity index (χ1n) is 7.14. The zero-order valence-corrected chi connectivity index (χ0v) is 13.7. The van der Waals surface area contributed by atoms with E-state index in [1.54, 1.807) is 17.6 Å². The molecule has 22 heavy (non-hydrogen) atoms. The molecule has 7 heteroatoms. The first-order valence-corrected chi connectivity index (χ1v) is 8.08. The predicted octanol–water partition coefficient (Wildman–Crippen LogP) is 2.88. The van der Waals surface area contributed by atoms with Gasteiger partial charge in [-0.25, -0.2) is 0 Å². The molecule has 2 N–H and O–H groups in total. The SMILES string of the molecule is Cc1c(NC(=O)C(=O)Nc2ccsc2)cnn1CCC(C)C. The van der Waals surface area contributed by atoms with Gasteiger partial charge in [0.05, 0.1) is 23.3 Å². The molecule has 0 saturated heterocycles. The van der Waals surface area contributed by atoms with Gasteiger partial charge in [0.1, 0.15) is 0 Å². The van der Waals surface area contributed by atoms with Crippen molar-refractivity contribution < 1.29 is 9.59 Å². The molecule has 0 spiro atoms. The van der Waals surface area contributed by atoms with Gasteiger partial charge < -0.3 is 10.6 Å². The minimum atomic E-state index is -0.697. The molecule has 0 aliphatic rings. The fourth-order valence-corrected chi connectivity index (χ4v) is 2.47. The molecule has 0 saturated carbocycles. The van der Waals surface area contributed by atoms with Gasteiger partial charge in [-0.05, 0) is 30.7 Å². The van der Waals surface area contributed by atoms with Crippen LogP contribution >= 0.6 is 11.3 Å². The summed E-state index contributed by atoms with van der Waals surface area (Å²) in [5, 5.41) is 13.0. The average molecular weight is 320 g/mol. The Morgan fingerprint density at radius 1 is 1.32 bits per heavy atom. The minimum absolute atomic E-state index is 0.564. The van der Waals surface area contributed by atoms with Crippen LogP contribution in [0.3, 0.4) is 0 Å². The van der Waals surface area contributed by atoms with E-state index in [4.69, 9.17) is 0 Å². The zero-order chi connectivity index (χ0) is 16.1. The lowest BCUT2D eigenvalue weighted by Crippen LogP contribution is -2.29. The van der Waals surface area contributed by atoms with E-state index in [0.717, 1.165) is 18.7 Å². The van der Waals surface area contributed by atoms with Gasteiger partial charge in [-0.15, -0.1) is 0 Å². The first kappa shape index (κ1) is 16.2. The highest BCUT2D eigenvalue weighted by Crippen LogP contribution is 2.16. The van der Waals surface area contributed by atoms with Crippen LogP contribution in [0.15, 0.2) is 23.0 Å². The second-order valence-electron chi connectivity index (χ2n) is 5.47. The number of hydrogen-bond donors (Lipinski definition) is 2. The molecular formula is C15H20N4O2S. The van der Waals surface area contributed by atoms with E-state index in [-0.39, 0.29) is 0 Å². The Hall–Kier alpha value is -2.15. The summed E-state index contributed by atoms with van der Waals surface area (Å²) >= 11 is 1.45. The van der Waals surface area contributed by atoms with Crippen LogP contribution < -0.4 is 10.6 Å². The summed E-state index contributed by atoms with van der Waals surface area (Å²) in [4.78, 5) is 23.7. The highest BCUT2D eigenvalue weighted by Gasteiger charge is 2.17. The summed E-state index contributed by atoms with van der Waals surface area (Å²) in [6, 6.07) is 1.74. The van der Waals surface area contributed by atoms with Gasteiger partial charge in [-0.1, -0.05) is 13.8 Å². The van der Waals surface area contributed by atoms with Crippen LogP contribution in [-0.4, -0.2) is 21.6 Å². The number of aryl methyl sites for hydroxylation is 1. The van der Waals surface area contributed by atoms with E-state index in [0.29, 0.717) is 17.3 Å². The van der Waals surface area contributed by atoms with Crippen LogP contribution in [0.2, 0.25) is 0 Å². The van der Waals surface area contributed by atoms with Crippen LogP contribution in [0, 0.1) is 12.8 Å². The van der Waals surface area contributed by atoms with Crippen LogP contribution in [-0.2, 0) is 16.1 Å². The number of aromatic nitrogens is 2. The Morgan fingerprint density at radius 3 is 2.68 bits per heavy atom. The van der Waals surface area contributed by atoms with E-state index in [1.165, 1.54) is 11.3 Å². The fraction of sp³-hybridized carbons (Fsp3) is 0.400. The molecule has 6 nitrogen and oxygen atoms in total. The number of amides is 2. The van der Waals surface area contributed by atoms with E-state index < -0.39 is 11.8 Å². The van der Waals surface area contributed by atoms with E-state index in [2.05, 4.69) is 29.6 Å². The van der Waals surface area contributed by atoms with Gasteiger partial charge >= 0.3 is 11.8 Å². The van der Waals surface area contributed by atoms with Crippen LogP contribution in [0.5, 0.6) is 0 Å². The number of nitrogens with zero attached hydrogens (tertiary/aromatic N) is 2. The number of anilines is 2. The number of nitrogens with one attached hydrogen (secondary N) is 2. The number of thiophene rings is 1. The van der Waals surface area contributed by atoms with E-state index >= 15 is 0 Å². The third-order valence-corrected chi connectivity index (χ3v) is 3.94. The van der Waals surface area contributed by atoms with Gasteiger partial charge in [0.2, 0.25) is 0 Å². The first-order chi connectivity index (χ1) is 10.5. The summed E-state index contributed by atoms with van der Waals surface area (Å²) in [5.41, 5.74) is 2.03. The average Bonchev–Trinajstić information content (AvgIpc) is 3.08. The monoisotopic (exact) mass is 320 g/mol. The molecule has 0 atom stereocenters. The summed E-state index contributed by atoms with van der Waals surface area (Å²) in [6.07, 6.45) is 2.58. The van der Waals surface area contributed by atoms with Crippen molar-refractivity contribution in [1.82, 2.24) is 9.78 Å². The van der Waals surface area contributed by atoms with Gasteiger partial charge in [0, 0.05) is 11.9 Å². The van der Waals surface area contributed by atoms with Gasteiger partial charge in [0.25, 0.3) is 0 Å². The Labute approximate surface area is 133 Å². The number of carbonyl (C=O) groups excluding carboxylic acids is 2. The molecule has 0 aromatic carbocycles. The molecule has 0 aliphatic heterocycles. The van der Waals surface area contributed by atoms with Crippen LogP contribution in [0.1, 0.15) is 26.0 Å². The van der Waals surface area contributed by atoms with Crippen molar-refractivity contribution in [2.24, 2.45) is 5.92 Å². The molecule has 2 aromatic heterocycles. The van der Waals surface area contributed by atoms with Crippen molar-refractivity contribution in [3.05, 3.63) is 28.7 Å². The second-order valence-corrected chi connectivity index (χ2v) is 6.25. The van der Waals surface area contributed by atoms with Crippen molar-refractivity contribution in [1.29, 1.82) is 0 Å². The number of rotatable bonds is 5. The quantitative estimate of drug-likeness (QED) is 0.832. The Bertz CT molecular complexity index is 647. The summed E-state index contributed by atoms with van der Waals surface area (Å²) in [6.45, 7) is 6.97. The molecule has 2 amide bonds. The zero-order valence-electron chi connectivity index (χ0n) is 12.9. The van der Waals surface area contributed by atoms with Gasteiger partial charge in [-0.2, -0.15) is 16.4 Å². The standard InChI is InChI=1S/C15H20N4O2S/c1-10(2)4-6-19-11(3)13(8-16-19)18-15(21)14(20)17-12-5-7-22-9-12/h5,7-10H,4,6H2,1-3H3,(H,17,20)(H,18,21). The third kappa shape index (κ3) is 4.17. The molecule has 0 radical (unpaired) electrons. The normalized spacial score (nSPS) is 10.7. The highest BCUT2D eigenvalue weighted by molar-refractivity contribution is 7.08. The van der Waals surface area contributed by atoms with Crippen molar-refractivity contribution in [3.8, 4) is 0 Å².